The van der Waals surface area contributed by atoms with Gasteiger partial charge in [-0.2, -0.15) is 5.10 Å². The van der Waals surface area contributed by atoms with Gasteiger partial charge in [-0.1, -0.05) is 23.2 Å². The normalized spacial score (nSPS) is 10.7. The Morgan fingerprint density at radius 2 is 1.93 bits per heavy atom. The molecule has 0 saturated heterocycles. The number of benzene rings is 2. The second kappa shape index (κ2) is 8.48. The van der Waals surface area contributed by atoms with Crippen molar-refractivity contribution in [1.82, 2.24) is 19.7 Å². The fourth-order valence-corrected chi connectivity index (χ4v) is 3.10. The van der Waals surface area contributed by atoms with Crippen LogP contribution in [0.2, 0.25) is 10.2 Å². The quantitative estimate of drug-likeness (QED) is 0.372. The van der Waals surface area contributed by atoms with Gasteiger partial charge in [0.15, 0.2) is 6.61 Å². The van der Waals surface area contributed by atoms with E-state index in [1.807, 2.05) is 0 Å². The number of aromatic nitrogens is 4. The van der Waals surface area contributed by atoms with Crippen molar-refractivity contribution in [2.24, 2.45) is 0 Å². The monoisotopic (exact) mass is 441 g/mol. The van der Waals surface area contributed by atoms with Crippen LogP contribution in [-0.4, -0.2) is 38.2 Å². The molecule has 2 heterocycles. The van der Waals surface area contributed by atoms with Gasteiger partial charge >= 0.3 is 5.97 Å². The number of halogens is 2. The summed E-state index contributed by atoms with van der Waals surface area (Å²) in [6.07, 6.45) is 2.86. The minimum Gasteiger partial charge on any atom is -0.452 e. The number of hydrogen-bond acceptors (Lipinski definition) is 6. The van der Waals surface area contributed by atoms with E-state index in [-0.39, 0.29) is 0 Å². The molecule has 0 bridgehead atoms. The molecule has 1 amide bonds. The maximum atomic E-state index is 12.3. The van der Waals surface area contributed by atoms with Gasteiger partial charge in [0.25, 0.3) is 5.91 Å². The molecule has 4 rings (SSSR count). The van der Waals surface area contributed by atoms with Crippen LogP contribution in [0.3, 0.4) is 0 Å². The summed E-state index contributed by atoms with van der Waals surface area (Å²) in [5.41, 5.74) is 1.92. The summed E-state index contributed by atoms with van der Waals surface area (Å²) in [4.78, 5) is 32.7. The molecule has 2 aromatic heterocycles. The molecule has 0 atom stereocenters. The maximum absolute atomic E-state index is 12.3. The molecule has 0 aliphatic rings. The highest BCUT2D eigenvalue weighted by atomic mass is 35.5. The Kier molecular flexibility index (Phi) is 5.60. The van der Waals surface area contributed by atoms with E-state index in [1.54, 1.807) is 48.5 Å². The number of carbonyl (C=O) groups excluding carboxylic acids is 2. The first kappa shape index (κ1) is 19.8. The van der Waals surface area contributed by atoms with Gasteiger partial charge in [0.05, 0.1) is 22.5 Å². The second-order valence-electron chi connectivity index (χ2n) is 6.17. The molecule has 0 aliphatic carbocycles. The minimum atomic E-state index is -0.635. The molecule has 2 aromatic carbocycles. The molecule has 1 N–H and O–H groups in total. The van der Waals surface area contributed by atoms with E-state index in [4.69, 9.17) is 27.9 Å². The van der Waals surface area contributed by atoms with E-state index >= 15 is 0 Å². The predicted octanol–water partition coefficient (Wildman–Crippen LogP) is 3.92. The second-order valence-corrected chi connectivity index (χ2v) is 6.99. The molecular formula is C20H13Cl2N5O3. The first-order valence-corrected chi connectivity index (χ1v) is 9.43. The summed E-state index contributed by atoms with van der Waals surface area (Å²) in [6, 6.07) is 13.1. The van der Waals surface area contributed by atoms with Gasteiger partial charge in [-0.15, -0.1) is 0 Å². The Morgan fingerprint density at radius 3 is 2.73 bits per heavy atom. The van der Waals surface area contributed by atoms with E-state index in [0.29, 0.717) is 32.6 Å². The largest absolute Gasteiger partial charge is 0.452 e. The predicted molar refractivity (Wildman–Crippen MR) is 112 cm³/mol. The van der Waals surface area contributed by atoms with Crippen LogP contribution in [0.25, 0.3) is 16.6 Å². The minimum absolute atomic E-state index is 0.297. The Labute approximate surface area is 180 Å². The third-order valence-electron chi connectivity index (χ3n) is 4.12. The molecule has 30 heavy (non-hydrogen) atoms. The molecule has 8 nitrogen and oxygen atoms in total. The van der Waals surface area contributed by atoms with Gasteiger partial charge in [0.2, 0.25) is 0 Å². The number of ether oxygens (including phenoxy) is 1. The zero-order chi connectivity index (χ0) is 21.1. The highest BCUT2D eigenvalue weighted by Gasteiger charge is 2.14. The van der Waals surface area contributed by atoms with E-state index in [1.165, 1.54) is 17.3 Å². The Balaban J connectivity index is 1.44. The van der Waals surface area contributed by atoms with Crippen molar-refractivity contribution < 1.29 is 14.3 Å². The number of carbonyl (C=O) groups is 2. The van der Waals surface area contributed by atoms with E-state index in [2.05, 4.69) is 20.4 Å². The van der Waals surface area contributed by atoms with Crippen molar-refractivity contribution >= 4 is 51.7 Å². The number of hydrogen-bond donors (Lipinski definition) is 1. The van der Waals surface area contributed by atoms with Crippen molar-refractivity contribution in [2.75, 3.05) is 11.9 Å². The molecule has 0 unspecified atom stereocenters. The van der Waals surface area contributed by atoms with Crippen LogP contribution in [0.1, 0.15) is 10.4 Å². The highest BCUT2D eigenvalue weighted by molar-refractivity contribution is 6.31. The lowest BCUT2D eigenvalue weighted by Crippen LogP contribution is -2.21. The summed E-state index contributed by atoms with van der Waals surface area (Å²) >= 11 is 11.9. The molecule has 10 heteroatoms. The molecule has 4 aromatic rings. The lowest BCUT2D eigenvalue weighted by Gasteiger charge is -2.11. The molecule has 0 aliphatic heterocycles. The highest BCUT2D eigenvalue weighted by Crippen LogP contribution is 2.24. The lowest BCUT2D eigenvalue weighted by molar-refractivity contribution is -0.119. The first-order valence-electron chi connectivity index (χ1n) is 8.67. The third-order valence-corrected chi connectivity index (χ3v) is 4.57. The Bertz CT molecular complexity index is 1240. The summed E-state index contributed by atoms with van der Waals surface area (Å²) in [6.45, 7) is -0.473. The fraction of sp³-hybridized carbons (Fsp3) is 0.0500. The standard InChI is InChI=1S/C20H13Cl2N5O3/c21-14-3-5-17(27-11-23-10-24-27)16(8-14)26-19(28)9-30-20(29)13-1-4-15-12(7-13)2-6-18(22)25-15/h1-8,10-11H,9H2,(H,26,28). The molecule has 0 fully saturated rings. The van der Waals surface area contributed by atoms with Crippen molar-refractivity contribution in [3.63, 3.8) is 0 Å². The summed E-state index contributed by atoms with van der Waals surface area (Å²) in [7, 11) is 0. The van der Waals surface area contributed by atoms with Gasteiger partial charge in [0.1, 0.15) is 17.8 Å². The van der Waals surface area contributed by atoms with Crippen LogP contribution in [0, 0.1) is 0 Å². The van der Waals surface area contributed by atoms with Gasteiger partial charge < -0.3 is 10.1 Å². The van der Waals surface area contributed by atoms with E-state index in [0.717, 1.165) is 5.39 Å². The van der Waals surface area contributed by atoms with E-state index < -0.39 is 18.5 Å². The van der Waals surface area contributed by atoms with Crippen LogP contribution < -0.4 is 5.32 Å². The SMILES string of the molecule is O=C(COC(=O)c1ccc2nc(Cl)ccc2c1)Nc1cc(Cl)ccc1-n1cncn1. The average Bonchev–Trinajstić information content (AvgIpc) is 3.26. The topological polar surface area (TPSA) is 99.0 Å². The zero-order valence-corrected chi connectivity index (χ0v) is 16.8. The van der Waals surface area contributed by atoms with Crippen molar-refractivity contribution in [2.45, 2.75) is 0 Å². The number of fused-ring (bicyclic) bond motifs is 1. The van der Waals surface area contributed by atoms with Crippen LogP contribution in [0.5, 0.6) is 0 Å². The number of rotatable bonds is 5. The van der Waals surface area contributed by atoms with E-state index in [9.17, 15) is 9.59 Å². The number of pyridine rings is 1. The van der Waals surface area contributed by atoms with Crippen LogP contribution in [0.4, 0.5) is 5.69 Å². The van der Waals surface area contributed by atoms with Gasteiger partial charge in [0, 0.05) is 10.4 Å². The lowest BCUT2D eigenvalue weighted by atomic mass is 10.1. The molecule has 0 saturated carbocycles. The number of nitrogens with zero attached hydrogens (tertiary/aromatic N) is 4. The third kappa shape index (κ3) is 4.40. The fourth-order valence-electron chi connectivity index (χ4n) is 2.77. The van der Waals surface area contributed by atoms with Crippen molar-refractivity contribution in [3.8, 4) is 5.69 Å². The van der Waals surface area contributed by atoms with Gasteiger partial charge in [-0.25, -0.2) is 19.4 Å². The molecule has 0 radical (unpaired) electrons. The summed E-state index contributed by atoms with van der Waals surface area (Å²) in [5, 5.41) is 8.23. The van der Waals surface area contributed by atoms with Crippen molar-refractivity contribution in [3.05, 3.63) is 76.9 Å². The number of nitrogens with one attached hydrogen (secondary N) is 1. The number of amides is 1. The Hall–Kier alpha value is -3.49. The number of anilines is 1. The van der Waals surface area contributed by atoms with Crippen LogP contribution >= 0.6 is 23.2 Å². The molecule has 0 spiro atoms. The summed E-state index contributed by atoms with van der Waals surface area (Å²) in [5.74, 6) is -1.16. The van der Waals surface area contributed by atoms with Gasteiger partial charge in [-0.05, 0) is 48.5 Å². The first-order chi connectivity index (χ1) is 14.5. The summed E-state index contributed by atoms with van der Waals surface area (Å²) < 4.78 is 6.61. The zero-order valence-electron chi connectivity index (χ0n) is 15.3. The maximum Gasteiger partial charge on any atom is 0.338 e. The molecule has 150 valence electrons. The smallest absolute Gasteiger partial charge is 0.338 e. The van der Waals surface area contributed by atoms with Crippen molar-refractivity contribution in [1.29, 1.82) is 0 Å². The Morgan fingerprint density at radius 1 is 1.07 bits per heavy atom. The van der Waals surface area contributed by atoms with Gasteiger partial charge in [-0.3, -0.25) is 4.79 Å². The van der Waals surface area contributed by atoms with Crippen LogP contribution in [0.15, 0.2) is 61.2 Å². The average molecular weight is 442 g/mol. The molecular weight excluding hydrogens is 429 g/mol. The van der Waals surface area contributed by atoms with Crippen LogP contribution in [-0.2, 0) is 9.53 Å². The number of esters is 1.